The summed E-state index contributed by atoms with van der Waals surface area (Å²) in [4.78, 5) is 10.2. The zero-order valence-corrected chi connectivity index (χ0v) is 13.4. The van der Waals surface area contributed by atoms with Gasteiger partial charge in [-0.3, -0.25) is 4.79 Å². The van der Waals surface area contributed by atoms with Gasteiger partial charge in [0.2, 0.25) is 6.41 Å². The molecule has 0 saturated carbocycles. The second-order valence-corrected chi connectivity index (χ2v) is 5.54. The van der Waals surface area contributed by atoms with Crippen LogP contribution in [-0.2, 0) is 17.6 Å². The number of amides is 1. The van der Waals surface area contributed by atoms with Crippen LogP contribution in [-0.4, -0.2) is 24.7 Å². The summed E-state index contributed by atoms with van der Waals surface area (Å²) in [5.74, 6) is 1.18. The summed E-state index contributed by atoms with van der Waals surface area (Å²) in [6.45, 7) is 2.89. The molecule has 0 unspecified atom stereocenters. The molecular weight excluding hydrogens is 290 g/mol. The summed E-state index contributed by atoms with van der Waals surface area (Å²) >= 11 is 0. The molecule has 0 aromatic heterocycles. The van der Waals surface area contributed by atoms with Crippen molar-refractivity contribution >= 4 is 6.41 Å². The van der Waals surface area contributed by atoms with E-state index in [9.17, 15) is 9.90 Å². The van der Waals surface area contributed by atoms with Gasteiger partial charge in [-0.2, -0.15) is 0 Å². The van der Waals surface area contributed by atoms with E-state index in [1.165, 1.54) is 11.1 Å². The van der Waals surface area contributed by atoms with Crippen LogP contribution in [0.4, 0.5) is 0 Å². The van der Waals surface area contributed by atoms with Crippen molar-refractivity contribution in [3.05, 3.63) is 59.2 Å². The Morgan fingerprint density at radius 3 is 2.65 bits per heavy atom. The van der Waals surface area contributed by atoms with Crippen LogP contribution in [0.3, 0.4) is 0 Å². The van der Waals surface area contributed by atoms with Gasteiger partial charge in [-0.1, -0.05) is 24.3 Å². The number of phenolic OH excluding ortho intramolecular Hbond substituents is 1. The summed E-state index contributed by atoms with van der Waals surface area (Å²) < 4.78 is 5.59. The monoisotopic (exact) mass is 313 g/mol. The molecule has 23 heavy (non-hydrogen) atoms. The maximum Gasteiger partial charge on any atom is 0.207 e. The van der Waals surface area contributed by atoms with Gasteiger partial charge in [-0.05, 0) is 61.1 Å². The van der Waals surface area contributed by atoms with Crippen molar-refractivity contribution < 1.29 is 14.6 Å². The number of carbonyl (C=O) groups is 1. The summed E-state index contributed by atoms with van der Waals surface area (Å²) in [6, 6.07) is 13.8. The average molecular weight is 313 g/mol. The first-order chi connectivity index (χ1) is 11.2. The Morgan fingerprint density at radius 2 is 1.91 bits per heavy atom. The molecule has 2 aromatic carbocycles. The molecular formula is C19H23NO3. The third-order valence-electron chi connectivity index (χ3n) is 3.69. The molecule has 0 spiro atoms. The molecule has 2 aromatic rings. The van der Waals surface area contributed by atoms with Gasteiger partial charge in [0.1, 0.15) is 18.1 Å². The Kier molecular flexibility index (Phi) is 6.48. The highest BCUT2D eigenvalue weighted by molar-refractivity contribution is 5.45. The van der Waals surface area contributed by atoms with E-state index in [0.29, 0.717) is 25.3 Å². The highest BCUT2D eigenvalue weighted by Crippen LogP contribution is 2.19. The fourth-order valence-corrected chi connectivity index (χ4v) is 2.45. The van der Waals surface area contributed by atoms with E-state index in [1.54, 1.807) is 6.07 Å². The molecule has 0 bridgehead atoms. The van der Waals surface area contributed by atoms with E-state index < -0.39 is 0 Å². The molecule has 4 heteroatoms. The summed E-state index contributed by atoms with van der Waals surface area (Å²) in [6.07, 6.45) is 3.67. The van der Waals surface area contributed by atoms with Crippen LogP contribution in [0.2, 0.25) is 0 Å². The average Bonchev–Trinajstić information content (AvgIpc) is 2.55. The van der Waals surface area contributed by atoms with Crippen molar-refractivity contribution in [3.8, 4) is 11.5 Å². The quantitative estimate of drug-likeness (QED) is 0.553. The Balaban J connectivity index is 1.80. The number of carbonyl (C=O) groups excluding carboxylic acids is 1. The predicted molar refractivity (Wildman–Crippen MR) is 90.9 cm³/mol. The zero-order valence-electron chi connectivity index (χ0n) is 13.4. The van der Waals surface area contributed by atoms with Crippen LogP contribution >= 0.6 is 0 Å². The Labute approximate surface area is 137 Å². The lowest BCUT2D eigenvalue weighted by Crippen LogP contribution is -2.18. The molecule has 0 aliphatic rings. The summed E-state index contributed by atoms with van der Waals surface area (Å²) in [5.41, 5.74) is 3.40. The minimum Gasteiger partial charge on any atom is -0.508 e. The van der Waals surface area contributed by atoms with Crippen LogP contribution in [0.25, 0.3) is 0 Å². The SMILES string of the molecule is Cc1cc(CCCc2cccc(OCCNC=O)c2)ccc1O. The lowest BCUT2D eigenvalue weighted by Gasteiger charge is -2.08. The fourth-order valence-electron chi connectivity index (χ4n) is 2.45. The lowest BCUT2D eigenvalue weighted by atomic mass is 10.0. The number of benzene rings is 2. The Morgan fingerprint density at radius 1 is 1.13 bits per heavy atom. The molecule has 0 heterocycles. The van der Waals surface area contributed by atoms with Gasteiger partial charge in [-0.25, -0.2) is 0 Å². The second-order valence-electron chi connectivity index (χ2n) is 5.54. The number of ether oxygens (including phenoxy) is 1. The van der Waals surface area contributed by atoms with Gasteiger partial charge in [0.15, 0.2) is 0 Å². The number of nitrogens with one attached hydrogen (secondary N) is 1. The third kappa shape index (κ3) is 5.66. The summed E-state index contributed by atoms with van der Waals surface area (Å²) in [5, 5.41) is 12.1. The lowest BCUT2D eigenvalue weighted by molar-refractivity contribution is -0.109. The zero-order chi connectivity index (χ0) is 16.5. The van der Waals surface area contributed by atoms with Crippen molar-refractivity contribution in [1.29, 1.82) is 0 Å². The van der Waals surface area contributed by atoms with E-state index in [0.717, 1.165) is 30.6 Å². The smallest absolute Gasteiger partial charge is 0.207 e. The van der Waals surface area contributed by atoms with Gasteiger partial charge in [-0.15, -0.1) is 0 Å². The normalized spacial score (nSPS) is 10.3. The molecule has 2 rings (SSSR count). The highest BCUT2D eigenvalue weighted by Gasteiger charge is 2.01. The topological polar surface area (TPSA) is 58.6 Å². The molecule has 0 atom stereocenters. The number of phenols is 1. The van der Waals surface area contributed by atoms with E-state index in [-0.39, 0.29) is 0 Å². The number of hydrogen-bond acceptors (Lipinski definition) is 3. The van der Waals surface area contributed by atoms with Crippen molar-refractivity contribution in [3.63, 3.8) is 0 Å². The molecule has 0 fully saturated rings. The van der Waals surface area contributed by atoms with Crippen LogP contribution in [0.5, 0.6) is 11.5 Å². The largest absolute Gasteiger partial charge is 0.508 e. The molecule has 0 radical (unpaired) electrons. The number of aryl methyl sites for hydroxylation is 3. The molecule has 2 N–H and O–H groups in total. The van der Waals surface area contributed by atoms with Crippen LogP contribution < -0.4 is 10.1 Å². The van der Waals surface area contributed by atoms with E-state index >= 15 is 0 Å². The predicted octanol–water partition coefficient (Wildman–Crippen LogP) is 3.00. The Bertz CT molecular complexity index is 640. The van der Waals surface area contributed by atoms with Gasteiger partial charge < -0.3 is 15.2 Å². The van der Waals surface area contributed by atoms with Crippen LogP contribution in [0, 0.1) is 6.92 Å². The van der Waals surface area contributed by atoms with Crippen molar-refractivity contribution in [2.45, 2.75) is 26.2 Å². The number of hydrogen-bond donors (Lipinski definition) is 2. The number of rotatable bonds is 9. The molecule has 122 valence electrons. The fraction of sp³-hybridized carbons (Fsp3) is 0.316. The van der Waals surface area contributed by atoms with Crippen molar-refractivity contribution in [2.75, 3.05) is 13.2 Å². The molecule has 0 aliphatic heterocycles. The van der Waals surface area contributed by atoms with Crippen molar-refractivity contribution in [2.24, 2.45) is 0 Å². The minimum absolute atomic E-state index is 0.350. The number of aromatic hydroxyl groups is 1. The third-order valence-corrected chi connectivity index (χ3v) is 3.69. The second kappa shape index (κ2) is 8.83. The van der Waals surface area contributed by atoms with E-state index in [1.807, 2.05) is 37.3 Å². The maximum atomic E-state index is 10.2. The minimum atomic E-state index is 0.350. The molecule has 1 amide bonds. The van der Waals surface area contributed by atoms with Gasteiger partial charge in [0, 0.05) is 0 Å². The first kappa shape index (κ1) is 16.9. The molecule has 0 saturated heterocycles. The van der Waals surface area contributed by atoms with Crippen LogP contribution in [0.1, 0.15) is 23.1 Å². The molecule has 0 aliphatic carbocycles. The highest BCUT2D eigenvalue weighted by atomic mass is 16.5. The van der Waals surface area contributed by atoms with E-state index in [4.69, 9.17) is 4.74 Å². The standard InChI is InChI=1S/C19H23NO3/c1-15-12-17(8-9-19(15)22)5-2-4-16-6-3-7-18(13-16)23-11-10-20-14-21/h3,6-9,12-14,22H,2,4-5,10-11H2,1H3,(H,20,21). The van der Waals surface area contributed by atoms with Gasteiger partial charge in [0.25, 0.3) is 0 Å². The maximum absolute atomic E-state index is 10.2. The van der Waals surface area contributed by atoms with Gasteiger partial charge >= 0.3 is 0 Å². The van der Waals surface area contributed by atoms with Crippen LogP contribution in [0.15, 0.2) is 42.5 Å². The van der Waals surface area contributed by atoms with E-state index in [2.05, 4.69) is 11.4 Å². The first-order valence-electron chi connectivity index (χ1n) is 7.86. The van der Waals surface area contributed by atoms with Crippen molar-refractivity contribution in [1.82, 2.24) is 5.32 Å². The van der Waals surface area contributed by atoms with Gasteiger partial charge in [0.05, 0.1) is 6.54 Å². The molecule has 4 nitrogen and oxygen atoms in total. The Hall–Kier alpha value is -2.49. The summed E-state index contributed by atoms with van der Waals surface area (Å²) in [7, 11) is 0. The first-order valence-corrected chi connectivity index (χ1v) is 7.86.